The van der Waals surface area contributed by atoms with E-state index in [2.05, 4.69) is 10.5 Å². The fraction of sp³-hybridized carbons (Fsp3) is 0.714. The second kappa shape index (κ2) is 6.26. The van der Waals surface area contributed by atoms with E-state index in [-0.39, 0.29) is 12.1 Å². The minimum absolute atomic E-state index is 0.191. The molecule has 2 heterocycles. The highest BCUT2D eigenvalue weighted by molar-refractivity contribution is 5.69. The maximum absolute atomic E-state index is 12.1. The molecule has 20 heavy (non-hydrogen) atoms. The summed E-state index contributed by atoms with van der Waals surface area (Å²) in [5.41, 5.74) is 0.421. The van der Waals surface area contributed by atoms with Crippen LogP contribution < -0.4 is 5.32 Å². The largest absolute Gasteiger partial charge is 0.444 e. The molecule has 6 heteroatoms. The Morgan fingerprint density at radius 2 is 2.40 bits per heavy atom. The minimum Gasteiger partial charge on any atom is -0.444 e. The van der Waals surface area contributed by atoms with Gasteiger partial charge in [-0.05, 0) is 33.6 Å². The van der Waals surface area contributed by atoms with Crippen molar-refractivity contribution in [2.75, 3.05) is 13.1 Å². The Labute approximate surface area is 119 Å². The lowest BCUT2D eigenvalue weighted by atomic mass is 10.2. The van der Waals surface area contributed by atoms with Gasteiger partial charge in [-0.25, -0.2) is 4.79 Å². The van der Waals surface area contributed by atoms with Gasteiger partial charge in [-0.1, -0.05) is 5.16 Å². The van der Waals surface area contributed by atoms with E-state index in [0.717, 1.165) is 31.6 Å². The summed E-state index contributed by atoms with van der Waals surface area (Å²) in [6.07, 6.45) is 3.36. The SMILES string of the molecule is CC(C)(C)OC(=O)N1CCCC1CNCc1ccon1. The molecule has 1 aromatic rings. The highest BCUT2D eigenvalue weighted by Crippen LogP contribution is 2.20. The van der Waals surface area contributed by atoms with Gasteiger partial charge < -0.3 is 19.5 Å². The third kappa shape index (κ3) is 4.23. The minimum atomic E-state index is -0.446. The molecule has 1 amide bonds. The molecule has 1 aromatic heterocycles. The lowest BCUT2D eigenvalue weighted by Crippen LogP contribution is -2.44. The van der Waals surface area contributed by atoms with Crippen molar-refractivity contribution in [2.24, 2.45) is 0 Å². The molecule has 0 aromatic carbocycles. The predicted octanol–water partition coefficient (Wildman–Crippen LogP) is 2.16. The van der Waals surface area contributed by atoms with Crippen LogP contribution in [0.25, 0.3) is 0 Å². The number of aromatic nitrogens is 1. The van der Waals surface area contributed by atoms with Gasteiger partial charge in [0.25, 0.3) is 0 Å². The van der Waals surface area contributed by atoms with Gasteiger partial charge >= 0.3 is 6.09 Å². The van der Waals surface area contributed by atoms with E-state index in [1.165, 1.54) is 0 Å². The number of likely N-dealkylation sites (tertiary alicyclic amines) is 1. The van der Waals surface area contributed by atoms with Crippen LogP contribution in [-0.2, 0) is 11.3 Å². The molecule has 1 atom stereocenters. The summed E-state index contributed by atoms with van der Waals surface area (Å²) in [6.45, 7) is 7.82. The first-order valence-electron chi connectivity index (χ1n) is 7.05. The van der Waals surface area contributed by atoms with E-state index >= 15 is 0 Å². The Bertz CT molecular complexity index is 425. The zero-order valence-corrected chi connectivity index (χ0v) is 12.4. The van der Waals surface area contributed by atoms with Gasteiger partial charge in [0, 0.05) is 31.7 Å². The van der Waals surface area contributed by atoms with Gasteiger partial charge in [0.1, 0.15) is 11.9 Å². The van der Waals surface area contributed by atoms with Crippen LogP contribution in [0.4, 0.5) is 4.79 Å². The zero-order chi connectivity index (χ0) is 14.6. The Morgan fingerprint density at radius 3 is 3.05 bits per heavy atom. The molecule has 6 nitrogen and oxygen atoms in total. The van der Waals surface area contributed by atoms with Crippen LogP contribution in [0.2, 0.25) is 0 Å². The van der Waals surface area contributed by atoms with Crippen molar-refractivity contribution in [2.45, 2.75) is 51.8 Å². The van der Waals surface area contributed by atoms with Crippen molar-refractivity contribution >= 4 is 6.09 Å². The number of nitrogens with zero attached hydrogens (tertiary/aromatic N) is 2. The molecule has 0 bridgehead atoms. The van der Waals surface area contributed by atoms with Crippen LogP contribution in [0.15, 0.2) is 16.9 Å². The first-order valence-corrected chi connectivity index (χ1v) is 7.05. The van der Waals surface area contributed by atoms with E-state index in [9.17, 15) is 4.79 Å². The summed E-state index contributed by atoms with van der Waals surface area (Å²) in [5, 5.41) is 7.15. The Balaban J connectivity index is 1.79. The molecule has 0 spiro atoms. The van der Waals surface area contributed by atoms with Gasteiger partial charge in [-0.2, -0.15) is 0 Å². The summed E-state index contributed by atoms with van der Waals surface area (Å²) >= 11 is 0. The van der Waals surface area contributed by atoms with Crippen molar-refractivity contribution in [3.05, 3.63) is 18.0 Å². The van der Waals surface area contributed by atoms with Gasteiger partial charge in [0.2, 0.25) is 0 Å². The number of carbonyl (C=O) groups is 1. The van der Waals surface area contributed by atoms with E-state index in [1.807, 2.05) is 31.7 Å². The standard InChI is InChI=1S/C14H23N3O3/c1-14(2,3)20-13(18)17-7-4-5-12(17)10-15-9-11-6-8-19-16-11/h6,8,12,15H,4-5,7,9-10H2,1-3H3. The van der Waals surface area contributed by atoms with Crippen LogP contribution in [0, 0.1) is 0 Å². The van der Waals surface area contributed by atoms with Crippen LogP contribution >= 0.6 is 0 Å². The average Bonchev–Trinajstić information content (AvgIpc) is 2.97. The quantitative estimate of drug-likeness (QED) is 0.916. The molecule has 1 fully saturated rings. The molecule has 1 N–H and O–H groups in total. The van der Waals surface area contributed by atoms with Crippen LogP contribution in [0.1, 0.15) is 39.3 Å². The Hall–Kier alpha value is -1.56. The fourth-order valence-corrected chi connectivity index (χ4v) is 2.30. The highest BCUT2D eigenvalue weighted by atomic mass is 16.6. The number of hydrogen-bond acceptors (Lipinski definition) is 5. The van der Waals surface area contributed by atoms with Gasteiger partial charge in [-0.15, -0.1) is 0 Å². The highest BCUT2D eigenvalue weighted by Gasteiger charge is 2.31. The molecule has 0 saturated carbocycles. The van der Waals surface area contributed by atoms with Gasteiger partial charge in [0.15, 0.2) is 0 Å². The van der Waals surface area contributed by atoms with E-state index in [0.29, 0.717) is 6.54 Å². The molecule has 1 saturated heterocycles. The van der Waals surface area contributed by atoms with Crippen molar-refractivity contribution in [1.29, 1.82) is 0 Å². The van der Waals surface area contributed by atoms with Crippen LogP contribution in [0.5, 0.6) is 0 Å². The average molecular weight is 281 g/mol. The molecular formula is C14H23N3O3. The molecule has 1 aliphatic rings. The normalized spacial score (nSPS) is 19.4. The zero-order valence-electron chi connectivity index (χ0n) is 12.4. The molecule has 0 aliphatic carbocycles. The second-order valence-corrected chi connectivity index (χ2v) is 6.09. The Kier molecular flexibility index (Phi) is 4.65. The number of ether oxygens (including phenoxy) is 1. The van der Waals surface area contributed by atoms with Crippen LogP contribution in [-0.4, -0.2) is 40.9 Å². The number of amides is 1. The van der Waals surface area contributed by atoms with Crippen molar-refractivity contribution in [3.63, 3.8) is 0 Å². The summed E-state index contributed by atoms with van der Waals surface area (Å²) in [4.78, 5) is 13.9. The third-order valence-corrected chi connectivity index (χ3v) is 3.18. The van der Waals surface area contributed by atoms with E-state index in [4.69, 9.17) is 9.26 Å². The van der Waals surface area contributed by atoms with Crippen molar-refractivity contribution < 1.29 is 14.1 Å². The topological polar surface area (TPSA) is 67.6 Å². The number of hydrogen-bond donors (Lipinski definition) is 1. The second-order valence-electron chi connectivity index (χ2n) is 6.09. The predicted molar refractivity (Wildman–Crippen MR) is 74.2 cm³/mol. The summed E-state index contributed by atoms with van der Waals surface area (Å²) < 4.78 is 10.2. The summed E-state index contributed by atoms with van der Waals surface area (Å²) in [6, 6.07) is 2.02. The molecule has 1 aliphatic heterocycles. The monoisotopic (exact) mass is 281 g/mol. The van der Waals surface area contributed by atoms with E-state index < -0.39 is 5.60 Å². The smallest absolute Gasteiger partial charge is 0.410 e. The lowest BCUT2D eigenvalue weighted by molar-refractivity contribution is 0.0226. The third-order valence-electron chi connectivity index (χ3n) is 3.18. The fourth-order valence-electron chi connectivity index (χ4n) is 2.30. The van der Waals surface area contributed by atoms with Gasteiger partial charge in [0.05, 0.1) is 5.69 Å². The van der Waals surface area contributed by atoms with Crippen LogP contribution in [0.3, 0.4) is 0 Å². The Morgan fingerprint density at radius 1 is 1.60 bits per heavy atom. The summed E-state index contributed by atoms with van der Waals surface area (Å²) in [7, 11) is 0. The lowest BCUT2D eigenvalue weighted by Gasteiger charge is -2.28. The molecule has 1 unspecified atom stereocenters. The number of carbonyl (C=O) groups excluding carboxylic acids is 1. The van der Waals surface area contributed by atoms with E-state index in [1.54, 1.807) is 6.26 Å². The van der Waals surface area contributed by atoms with Crippen molar-refractivity contribution in [1.82, 2.24) is 15.4 Å². The first-order chi connectivity index (χ1) is 9.46. The molecule has 0 radical (unpaired) electrons. The molecule has 2 rings (SSSR count). The van der Waals surface area contributed by atoms with Crippen molar-refractivity contribution in [3.8, 4) is 0 Å². The molecular weight excluding hydrogens is 258 g/mol. The summed E-state index contributed by atoms with van der Waals surface area (Å²) in [5.74, 6) is 0. The number of nitrogens with one attached hydrogen (secondary N) is 1. The first kappa shape index (κ1) is 14.8. The maximum Gasteiger partial charge on any atom is 0.410 e. The number of rotatable bonds is 4. The maximum atomic E-state index is 12.1. The van der Waals surface area contributed by atoms with Gasteiger partial charge in [-0.3, -0.25) is 0 Å². The molecule has 112 valence electrons.